The van der Waals surface area contributed by atoms with E-state index in [2.05, 4.69) is 35.4 Å². The number of carbonyl (C=O) groups excluding carboxylic acids is 1. The first-order valence-corrected chi connectivity index (χ1v) is 8.79. The van der Waals surface area contributed by atoms with Crippen LogP contribution < -0.4 is 5.32 Å². The molecular formula is C20H17N3OS. The molecule has 4 nitrogen and oxygen atoms in total. The number of amides is 1. The lowest BCUT2D eigenvalue weighted by molar-refractivity contribution is -0.120. The van der Waals surface area contributed by atoms with Gasteiger partial charge in [-0.25, -0.2) is 4.98 Å². The Hall–Kier alpha value is -2.97. The van der Waals surface area contributed by atoms with E-state index in [9.17, 15) is 4.79 Å². The zero-order valence-corrected chi connectivity index (χ0v) is 14.6. The largest absolute Gasteiger partial charge is 0.352 e. The lowest BCUT2D eigenvalue weighted by Gasteiger charge is -2.04. The zero-order valence-electron chi connectivity index (χ0n) is 13.8. The van der Waals surface area contributed by atoms with Crippen LogP contribution in [0.3, 0.4) is 0 Å². The van der Waals surface area contributed by atoms with Crippen LogP contribution in [0, 0.1) is 18.3 Å². The second-order valence-corrected chi connectivity index (χ2v) is 6.63. The van der Waals surface area contributed by atoms with Crippen molar-refractivity contribution < 1.29 is 4.79 Å². The lowest BCUT2D eigenvalue weighted by Crippen LogP contribution is -2.24. The number of hydrogen-bond acceptors (Lipinski definition) is 4. The molecule has 0 atom stereocenters. The molecule has 0 saturated carbocycles. The molecule has 0 saturated heterocycles. The topological polar surface area (TPSA) is 65.8 Å². The quantitative estimate of drug-likeness (QED) is 0.762. The molecule has 0 aliphatic carbocycles. The van der Waals surface area contributed by atoms with Gasteiger partial charge in [0.05, 0.1) is 23.7 Å². The van der Waals surface area contributed by atoms with Gasteiger partial charge in [0, 0.05) is 17.5 Å². The Bertz CT molecular complexity index is 923. The van der Waals surface area contributed by atoms with Crippen LogP contribution >= 0.6 is 11.3 Å². The molecule has 0 unspecified atom stereocenters. The summed E-state index contributed by atoms with van der Waals surface area (Å²) >= 11 is 1.55. The van der Waals surface area contributed by atoms with E-state index in [0.29, 0.717) is 12.1 Å². The second-order valence-electron chi connectivity index (χ2n) is 5.78. The number of rotatable bonds is 5. The molecule has 0 spiro atoms. The summed E-state index contributed by atoms with van der Waals surface area (Å²) in [5.74, 6) is -0.0644. The van der Waals surface area contributed by atoms with Crippen molar-refractivity contribution in [3.05, 3.63) is 76.3 Å². The van der Waals surface area contributed by atoms with Crippen LogP contribution in [0.5, 0.6) is 0 Å². The smallest absolute Gasteiger partial charge is 0.226 e. The monoisotopic (exact) mass is 347 g/mol. The molecule has 1 aromatic heterocycles. The first-order chi connectivity index (χ1) is 12.1. The molecule has 25 heavy (non-hydrogen) atoms. The highest BCUT2D eigenvalue weighted by Gasteiger charge is 2.09. The van der Waals surface area contributed by atoms with Gasteiger partial charge in [0.15, 0.2) is 0 Å². The average Bonchev–Trinajstić information content (AvgIpc) is 3.09. The summed E-state index contributed by atoms with van der Waals surface area (Å²) in [5.41, 5.74) is 4.62. The van der Waals surface area contributed by atoms with E-state index in [1.165, 1.54) is 5.56 Å². The van der Waals surface area contributed by atoms with Crippen LogP contribution in [-0.2, 0) is 17.8 Å². The molecule has 124 valence electrons. The molecule has 0 radical (unpaired) electrons. The van der Waals surface area contributed by atoms with E-state index >= 15 is 0 Å². The summed E-state index contributed by atoms with van der Waals surface area (Å²) in [6.45, 7) is 2.49. The molecule has 3 rings (SSSR count). The van der Waals surface area contributed by atoms with Crippen LogP contribution in [-0.4, -0.2) is 10.9 Å². The van der Waals surface area contributed by atoms with Crippen LogP contribution in [0.2, 0.25) is 0 Å². The highest BCUT2D eigenvalue weighted by atomic mass is 32.1. The Kier molecular flexibility index (Phi) is 5.22. The maximum atomic E-state index is 12.1. The summed E-state index contributed by atoms with van der Waals surface area (Å²) in [5, 5.41) is 14.5. The fourth-order valence-corrected chi connectivity index (χ4v) is 3.24. The molecular weight excluding hydrogens is 330 g/mol. The molecule has 3 aromatic rings. The molecule has 1 heterocycles. The minimum atomic E-state index is -0.0644. The van der Waals surface area contributed by atoms with Gasteiger partial charge < -0.3 is 5.32 Å². The third-order valence-electron chi connectivity index (χ3n) is 3.73. The normalized spacial score (nSPS) is 10.2. The standard InChI is InChI=1S/C20H17N3OS/c1-14-3-2-4-17(9-14)20-23-18(13-25-20)10-19(24)22-12-16-7-5-15(11-21)6-8-16/h2-9,13H,10,12H2,1H3,(H,22,24). The Morgan fingerprint density at radius 3 is 2.76 bits per heavy atom. The van der Waals surface area contributed by atoms with Crippen molar-refractivity contribution in [2.75, 3.05) is 0 Å². The maximum Gasteiger partial charge on any atom is 0.226 e. The number of benzene rings is 2. The van der Waals surface area contributed by atoms with Crippen molar-refractivity contribution >= 4 is 17.2 Å². The molecule has 1 N–H and O–H groups in total. The number of hydrogen-bond donors (Lipinski definition) is 1. The highest BCUT2D eigenvalue weighted by Crippen LogP contribution is 2.24. The second kappa shape index (κ2) is 7.73. The Balaban J connectivity index is 1.57. The third kappa shape index (κ3) is 4.52. The summed E-state index contributed by atoms with van der Waals surface area (Å²) in [4.78, 5) is 16.7. The van der Waals surface area contributed by atoms with Gasteiger partial charge >= 0.3 is 0 Å². The first kappa shape index (κ1) is 16.9. The van der Waals surface area contributed by atoms with Crippen LogP contribution in [0.1, 0.15) is 22.4 Å². The zero-order chi connectivity index (χ0) is 17.6. The first-order valence-electron chi connectivity index (χ1n) is 7.91. The third-order valence-corrected chi connectivity index (χ3v) is 4.67. The average molecular weight is 347 g/mol. The van der Waals surface area contributed by atoms with E-state index in [1.807, 2.05) is 29.6 Å². The van der Waals surface area contributed by atoms with E-state index in [1.54, 1.807) is 23.5 Å². The fourth-order valence-electron chi connectivity index (χ4n) is 2.42. The Labute approximate surface area is 150 Å². The number of nitrogens with one attached hydrogen (secondary N) is 1. The van der Waals surface area contributed by atoms with Crippen molar-refractivity contribution in [3.63, 3.8) is 0 Å². The number of thiazole rings is 1. The van der Waals surface area contributed by atoms with Crippen molar-refractivity contribution in [2.24, 2.45) is 0 Å². The van der Waals surface area contributed by atoms with Crippen molar-refractivity contribution in [3.8, 4) is 16.6 Å². The molecule has 0 aliphatic heterocycles. The van der Waals surface area contributed by atoms with E-state index in [0.717, 1.165) is 21.8 Å². The van der Waals surface area contributed by atoms with Crippen LogP contribution in [0.15, 0.2) is 53.9 Å². The molecule has 0 fully saturated rings. The maximum absolute atomic E-state index is 12.1. The van der Waals surface area contributed by atoms with Gasteiger partial charge in [0.25, 0.3) is 0 Å². The van der Waals surface area contributed by atoms with Gasteiger partial charge in [-0.05, 0) is 30.7 Å². The molecule has 2 aromatic carbocycles. The number of nitrogens with zero attached hydrogens (tertiary/aromatic N) is 2. The van der Waals surface area contributed by atoms with Gasteiger partial charge in [-0.2, -0.15) is 5.26 Å². The van der Waals surface area contributed by atoms with Crippen molar-refractivity contribution in [1.29, 1.82) is 5.26 Å². The molecule has 1 amide bonds. The van der Waals surface area contributed by atoms with Crippen molar-refractivity contribution in [2.45, 2.75) is 19.9 Å². The number of aryl methyl sites for hydroxylation is 1. The van der Waals surface area contributed by atoms with Crippen LogP contribution in [0.4, 0.5) is 0 Å². The summed E-state index contributed by atoms with van der Waals surface area (Å²) in [6, 6.07) is 17.4. The van der Waals surface area contributed by atoms with Crippen molar-refractivity contribution in [1.82, 2.24) is 10.3 Å². The number of aromatic nitrogens is 1. The minimum Gasteiger partial charge on any atom is -0.352 e. The number of carbonyl (C=O) groups is 1. The van der Waals surface area contributed by atoms with Gasteiger partial charge in [0.2, 0.25) is 5.91 Å². The lowest BCUT2D eigenvalue weighted by atomic mass is 10.1. The predicted molar refractivity (Wildman–Crippen MR) is 99.0 cm³/mol. The van der Waals surface area contributed by atoms with E-state index in [4.69, 9.17) is 5.26 Å². The molecule has 0 bridgehead atoms. The molecule has 5 heteroatoms. The summed E-state index contributed by atoms with van der Waals surface area (Å²) < 4.78 is 0. The SMILES string of the molecule is Cc1cccc(-c2nc(CC(=O)NCc3ccc(C#N)cc3)cs2)c1. The Morgan fingerprint density at radius 1 is 1.24 bits per heavy atom. The highest BCUT2D eigenvalue weighted by molar-refractivity contribution is 7.13. The summed E-state index contributed by atoms with van der Waals surface area (Å²) in [6.07, 6.45) is 0.262. The fraction of sp³-hybridized carbons (Fsp3) is 0.150. The van der Waals surface area contributed by atoms with E-state index in [-0.39, 0.29) is 12.3 Å². The minimum absolute atomic E-state index is 0.0644. The summed E-state index contributed by atoms with van der Waals surface area (Å²) in [7, 11) is 0. The van der Waals surface area contributed by atoms with Gasteiger partial charge in [-0.1, -0.05) is 35.9 Å². The van der Waals surface area contributed by atoms with Crippen LogP contribution in [0.25, 0.3) is 10.6 Å². The molecule has 0 aliphatic rings. The van der Waals surface area contributed by atoms with Gasteiger partial charge in [0.1, 0.15) is 5.01 Å². The van der Waals surface area contributed by atoms with Gasteiger partial charge in [-0.3, -0.25) is 4.79 Å². The number of nitriles is 1. The Morgan fingerprint density at radius 2 is 2.04 bits per heavy atom. The predicted octanol–water partition coefficient (Wildman–Crippen LogP) is 3.85. The van der Waals surface area contributed by atoms with E-state index < -0.39 is 0 Å². The van der Waals surface area contributed by atoms with Gasteiger partial charge in [-0.15, -0.1) is 11.3 Å².